The molecule has 0 saturated carbocycles. The Morgan fingerprint density at radius 3 is 2.16 bits per heavy atom. The summed E-state index contributed by atoms with van der Waals surface area (Å²) < 4.78 is 39.2. The normalized spacial score (nSPS) is 18.7. The quantitative estimate of drug-likeness (QED) is 0.729. The molecule has 1 atom stereocenters. The maximum absolute atomic E-state index is 13.4. The molecule has 0 fully saturated rings. The van der Waals surface area contributed by atoms with Gasteiger partial charge in [-0.15, -0.1) is 0 Å². The van der Waals surface area contributed by atoms with Gasteiger partial charge in [0.1, 0.15) is 0 Å². The van der Waals surface area contributed by atoms with E-state index in [0.717, 1.165) is 12.1 Å². The number of fused-ring (bicyclic) bond motifs is 2. The van der Waals surface area contributed by atoms with E-state index in [1.54, 1.807) is 36.2 Å². The van der Waals surface area contributed by atoms with E-state index in [4.69, 9.17) is 0 Å². The molecule has 0 N–H and O–H groups in total. The van der Waals surface area contributed by atoms with Crippen LogP contribution in [0.1, 0.15) is 33.1 Å². The summed E-state index contributed by atoms with van der Waals surface area (Å²) >= 11 is 0. The molecule has 0 saturated heterocycles. The fraction of sp³-hybridized carbons (Fsp3) is 0.304. The van der Waals surface area contributed by atoms with Crippen LogP contribution in [0.5, 0.6) is 0 Å². The molecule has 2 aromatic carbocycles. The van der Waals surface area contributed by atoms with Crippen LogP contribution in [0.15, 0.2) is 54.1 Å². The highest BCUT2D eigenvalue weighted by atomic mass is 19.4. The van der Waals surface area contributed by atoms with E-state index >= 15 is 0 Å². The number of carbonyl (C=O) groups excluding carboxylic acids is 2. The molecule has 8 heteroatoms. The van der Waals surface area contributed by atoms with Crippen molar-refractivity contribution in [3.63, 3.8) is 0 Å². The zero-order chi connectivity index (χ0) is 22.5. The summed E-state index contributed by atoms with van der Waals surface area (Å²) in [5.41, 5.74) is 1.81. The van der Waals surface area contributed by atoms with Crippen molar-refractivity contribution in [1.29, 1.82) is 0 Å². The topological polar surface area (TPSA) is 43.9 Å². The first kappa shape index (κ1) is 21.1. The van der Waals surface area contributed by atoms with Crippen molar-refractivity contribution in [3.8, 4) is 0 Å². The molecule has 0 aromatic heterocycles. The van der Waals surface area contributed by atoms with Gasteiger partial charge in [0.15, 0.2) is 5.78 Å². The molecule has 2 amide bonds. The van der Waals surface area contributed by atoms with Crippen LogP contribution in [0.3, 0.4) is 0 Å². The smallest absolute Gasteiger partial charge is 0.312 e. The first-order chi connectivity index (χ1) is 14.6. The van der Waals surface area contributed by atoms with Crippen LogP contribution in [0.4, 0.5) is 18.0 Å². The molecule has 1 unspecified atom stereocenters. The number of ketones is 1. The van der Waals surface area contributed by atoms with Gasteiger partial charge in [0.05, 0.1) is 22.9 Å². The number of amides is 2. The van der Waals surface area contributed by atoms with E-state index in [1.807, 2.05) is 19.0 Å². The van der Waals surface area contributed by atoms with Crippen LogP contribution < -0.4 is 0 Å². The number of rotatable bonds is 4. The van der Waals surface area contributed by atoms with Gasteiger partial charge in [-0.1, -0.05) is 36.4 Å². The molecule has 162 valence electrons. The number of hydrogen-bond acceptors (Lipinski definition) is 3. The Bertz CT molecular complexity index is 1070. The second kappa shape index (κ2) is 7.53. The molecule has 4 rings (SSSR count). The van der Waals surface area contributed by atoms with Crippen molar-refractivity contribution in [2.45, 2.75) is 12.2 Å². The zero-order valence-corrected chi connectivity index (χ0v) is 17.4. The summed E-state index contributed by atoms with van der Waals surface area (Å²) in [5.74, 6) is -0.204. The lowest BCUT2D eigenvalue weighted by molar-refractivity contribution is -0.137. The Hall–Kier alpha value is -3.13. The largest absolute Gasteiger partial charge is 0.416 e. The fourth-order valence-electron chi connectivity index (χ4n) is 4.19. The SMILES string of the molecule is CN(C)CCN1C(=O)N(C)C2=C(C(=O)c3ccccc32)C1c1ccc(C(F)(F)F)cc1. The Morgan fingerprint density at radius 2 is 1.58 bits per heavy atom. The summed E-state index contributed by atoms with van der Waals surface area (Å²) in [6.07, 6.45) is -4.46. The Kier molecular flexibility index (Phi) is 5.13. The van der Waals surface area contributed by atoms with Gasteiger partial charge in [0.2, 0.25) is 0 Å². The lowest BCUT2D eigenvalue weighted by Gasteiger charge is -2.41. The van der Waals surface area contributed by atoms with Crippen molar-refractivity contribution in [1.82, 2.24) is 14.7 Å². The Morgan fingerprint density at radius 1 is 0.968 bits per heavy atom. The standard InChI is InChI=1S/C23H22F3N3O2/c1-27(2)12-13-29-19(14-8-10-15(11-9-14)23(24,25)26)18-20(28(3)22(29)31)16-6-4-5-7-17(16)21(18)30/h4-11,19H,12-13H2,1-3H3. The molecular weight excluding hydrogens is 407 g/mol. The molecule has 0 spiro atoms. The summed E-state index contributed by atoms with van der Waals surface area (Å²) in [5, 5.41) is 0. The third kappa shape index (κ3) is 3.50. The second-order valence-electron chi connectivity index (χ2n) is 8.00. The van der Waals surface area contributed by atoms with Crippen molar-refractivity contribution >= 4 is 17.5 Å². The van der Waals surface area contributed by atoms with E-state index < -0.39 is 17.8 Å². The van der Waals surface area contributed by atoms with Crippen LogP contribution in [0.2, 0.25) is 0 Å². The minimum Gasteiger partial charge on any atom is -0.312 e. The molecule has 1 aliphatic carbocycles. The Balaban J connectivity index is 1.87. The fourth-order valence-corrected chi connectivity index (χ4v) is 4.19. The van der Waals surface area contributed by atoms with E-state index in [9.17, 15) is 22.8 Å². The van der Waals surface area contributed by atoms with Gasteiger partial charge in [-0.2, -0.15) is 13.2 Å². The first-order valence-electron chi connectivity index (χ1n) is 9.85. The van der Waals surface area contributed by atoms with Gasteiger partial charge >= 0.3 is 12.2 Å². The maximum Gasteiger partial charge on any atom is 0.416 e. The minimum absolute atomic E-state index is 0.204. The average Bonchev–Trinajstić information content (AvgIpc) is 3.02. The van der Waals surface area contributed by atoms with Gasteiger partial charge in [-0.3, -0.25) is 9.69 Å². The highest BCUT2D eigenvalue weighted by molar-refractivity contribution is 6.23. The van der Waals surface area contributed by atoms with Crippen molar-refractivity contribution in [3.05, 3.63) is 76.4 Å². The van der Waals surface area contributed by atoms with E-state index in [1.165, 1.54) is 17.0 Å². The number of nitrogens with zero attached hydrogens (tertiary/aromatic N) is 3. The molecule has 0 radical (unpaired) electrons. The van der Waals surface area contributed by atoms with Crippen LogP contribution in [-0.2, 0) is 6.18 Å². The van der Waals surface area contributed by atoms with E-state index in [0.29, 0.717) is 41.1 Å². The van der Waals surface area contributed by atoms with Crippen LogP contribution in [0, 0.1) is 0 Å². The van der Waals surface area contributed by atoms with E-state index in [2.05, 4.69) is 0 Å². The maximum atomic E-state index is 13.4. The predicted molar refractivity (Wildman–Crippen MR) is 110 cm³/mol. The second-order valence-corrected chi connectivity index (χ2v) is 8.00. The van der Waals surface area contributed by atoms with Crippen LogP contribution in [0.25, 0.3) is 5.70 Å². The van der Waals surface area contributed by atoms with Gasteiger partial charge in [-0.05, 0) is 31.8 Å². The lowest BCUT2D eigenvalue weighted by atomic mass is 9.91. The average molecular weight is 429 g/mol. The predicted octanol–water partition coefficient (Wildman–Crippen LogP) is 4.28. The van der Waals surface area contributed by atoms with Gasteiger partial charge in [0, 0.05) is 31.3 Å². The highest BCUT2D eigenvalue weighted by Crippen LogP contribution is 2.47. The monoisotopic (exact) mass is 429 g/mol. The van der Waals surface area contributed by atoms with E-state index in [-0.39, 0.29) is 11.8 Å². The minimum atomic E-state index is -4.46. The number of hydrogen-bond donors (Lipinski definition) is 0. The number of halogens is 3. The molecular formula is C23H22F3N3O2. The van der Waals surface area contributed by atoms with Gasteiger partial charge in [0.25, 0.3) is 0 Å². The highest BCUT2D eigenvalue weighted by Gasteiger charge is 2.46. The summed E-state index contributed by atoms with van der Waals surface area (Å²) in [6, 6.07) is 10.7. The van der Waals surface area contributed by atoms with Crippen LogP contribution in [-0.4, -0.2) is 60.7 Å². The van der Waals surface area contributed by atoms with Crippen molar-refractivity contribution in [2.75, 3.05) is 34.2 Å². The summed E-state index contributed by atoms with van der Waals surface area (Å²) in [4.78, 5) is 31.6. The third-order valence-electron chi connectivity index (χ3n) is 5.72. The van der Waals surface area contributed by atoms with Gasteiger partial charge < -0.3 is 9.80 Å². The van der Waals surface area contributed by atoms with Crippen molar-refractivity contribution in [2.24, 2.45) is 0 Å². The summed E-state index contributed by atoms with van der Waals surface area (Å²) in [6.45, 7) is 0.864. The number of urea groups is 1. The van der Waals surface area contributed by atoms with Crippen LogP contribution >= 0.6 is 0 Å². The molecule has 31 heavy (non-hydrogen) atoms. The van der Waals surface area contributed by atoms with Crippen molar-refractivity contribution < 1.29 is 22.8 Å². The summed E-state index contributed by atoms with van der Waals surface area (Å²) in [7, 11) is 5.36. The lowest BCUT2D eigenvalue weighted by Crippen LogP contribution is -2.49. The number of carbonyl (C=O) groups is 2. The number of likely N-dealkylation sites (N-methyl/N-ethyl adjacent to an activating group) is 1. The molecule has 2 aromatic rings. The zero-order valence-electron chi connectivity index (χ0n) is 17.4. The molecule has 2 aliphatic rings. The molecule has 1 heterocycles. The number of Topliss-reactive ketones (excluding diaryl/α,β-unsaturated/α-hetero) is 1. The third-order valence-corrected chi connectivity index (χ3v) is 5.72. The number of alkyl halides is 3. The number of benzene rings is 2. The molecule has 5 nitrogen and oxygen atoms in total. The molecule has 1 aliphatic heterocycles. The van der Waals surface area contributed by atoms with Gasteiger partial charge in [-0.25, -0.2) is 4.79 Å². The Labute approximate surface area is 178 Å². The first-order valence-corrected chi connectivity index (χ1v) is 9.85. The molecule has 0 bridgehead atoms.